The van der Waals surface area contributed by atoms with E-state index in [9.17, 15) is 33.9 Å². The number of aliphatic carboxylic acids is 1. The van der Waals surface area contributed by atoms with Gasteiger partial charge in [0.2, 0.25) is 29.5 Å². The molecule has 0 fully saturated rings. The second-order valence-electron chi connectivity index (χ2n) is 11.7. The lowest BCUT2D eigenvalue weighted by Gasteiger charge is -2.25. The fourth-order valence-corrected chi connectivity index (χ4v) is 5.60. The lowest BCUT2D eigenvalue weighted by molar-refractivity contribution is -0.141. The molecule has 0 unspecified atom stereocenters. The van der Waals surface area contributed by atoms with Crippen LogP contribution in [0.3, 0.4) is 0 Å². The molecule has 4 aromatic rings. The summed E-state index contributed by atoms with van der Waals surface area (Å²) < 4.78 is 0. The molecule has 0 saturated heterocycles. The van der Waals surface area contributed by atoms with Gasteiger partial charge in [-0.15, -0.1) is 0 Å². The van der Waals surface area contributed by atoms with Crippen LogP contribution in [-0.2, 0) is 41.6 Å². The number of amides is 5. The third kappa shape index (κ3) is 9.21. The first-order chi connectivity index (χ1) is 23.0. The fourth-order valence-electron chi connectivity index (χ4n) is 5.60. The van der Waals surface area contributed by atoms with Crippen LogP contribution in [0.2, 0.25) is 0 Å². The number of nitrogens with one attached hydrogen (secondary N) is 6. The number of H-pyrrole nitrogens is 2. The number of unbranched alkanes of at least 4 members (excludes halogenated alkanes) is 1. The predicted molar refractivity (Wildman–Crippen MR) is 178 cm³/mol. The number of carbonyl (C=O) groups excluding carboxylic acids is 5. The number of carboxylic acid groups (broad SMARTS) is 1. The summed E-state index contributed by atoms with van der Waals surface area (Å²) in [4.78, 5) is 82.8. The van der Waals surface area contributed by atoms with Crippen LogP contribution in [0, 0.1) is 0 Å². The Hall–Kier alpha value is -5.66. The summed E-state index contributed by atoms with van der Waals surface area (Å²) >= 11 is 0. The van der Waals surface area contributed by atoms with E-state index in [-0.39, 0.29) is 19.3 Å². The highest BCUT2D eigenvalue weighted by atomic mass is 16.4. The van der Waals surface area contributed by atoms with Crippen molar-refractivity contribution in [3.05, 3.63) is 72.1 Å². The van der Waals surface area contributed by atoms with Gasteiger partial charge < -0.3 is 42.1 Å². The van der Waals surface area contributed by atoms with Gasteiger partial charge in [0.05, 0.1) is 6.42 Å². The van der Waals surface area contributed by atoms with Crippen molar-refractivity contribution < 1.29 is 33.9 Å². The molecule has 0 aliphatic carbocycles. The Labute approximate surface area is 276 Å². The third-order valence-corrected chi connectivity index (χ3v) is 8.04. The molecule has 4 rings (SSSR count). The first kappa shape index (κ1) is 35.2. The molecule has 4 atom stereocenters. The molecule has 0 bridgehead atoms. The number of hydrogen-bond donors (Lipinski definition) is 8. The molecule has 2 aromatic heterocycles. The van der Waals surface area contributed by atoms with Crippen LogP contribution in [0.25, 0.3) is 21.8 Å². The molecule has 0 spiro atoms. The maximum absolute atomic E-state index is 13.6. The van der Waals surface area contributed by atoms with Crippen molar-refractivity contribution in [2.45, 2.75) is 76.5 Å². The Morgan fingerprint density at radius 3 is 1.71 bits per heavy atom. The second-order valence-corrected chi connectivity index (χ2v) is 11.7. The van der Waals surface area contributed by atoms with Crippen LogP contribution < -0.4 is 27.0 Å². The quantitative estimate of drug-likeness (QED) is 0.0833. The molecule has 48 heavy (non-hydrogen) atoms. The van der Waals surface area contributed by atoms with Crippen LogP contribution in [0.15, 0.2) is 60.9 Å². The standard InChI is InChI=1S/C34H41N7O7/c1-3-4-11-26(39-33(47)28(38-19(2)42)15-21-18-37-25-13-8-6-10-23(21)25)32(46)41-29(16-30(43)44)34(48)40-27(31(35)45)14-20-17-36-24-12-7-5-9-22(20)24/h5-10,12-13,17-18,26-29,36-37H,3-4,11,14-16H2,1-2H3,(H2,35,45)(H,38,42)(H,39,47)(H,40,48)(H,41,46)(H,43,44)/t26-,27-,28+,29-/m0/s1. The van der Waals surface area contributed by atoms with E-state index in [4.69, 9.17) is 5.73 Å². The lowest BCUT2D eigenvalue weighted by atomic mass is 10.0. The van der Waals surface area contributed by atoms with Gasteiger partial charge in [-0.05, 0) is 29.7 Å². The number of rotatable bonds is 17. The van der Waals surface area contributed by atoms with Crippen molar-refractivity contribution in [2.75, 3.05) is 0 Å². The van der Waals surface area contributed by atoms with Crippen LogP contribution in [-0.4, -0.2) is 74.7 Å². The molecule has 0 saturated carbocycles. The zero-order valence-corrected chi connectivity index (χ0v) is 26.8. The summed E-state index contributed by atoms with van der Waals surface area (Å²) in [5.74, 6) is -5.01. The minimum absolute atomic E-state index is 0.0228. The van der Waals surface area contributed by atoms with Crippen molar-refractivity contribution in [1.29, 1.82) is 0 Å². The lowest BCUT2D eigenvalue weighted by Crippen LogP contribution is -2.58. The van der Waals surface area contributed by atoms with E-state index in [1.165, 1.54) is 6.92 Å². The van der Waals surface area contributed by atoms with E-state index in [2.05, 4.69) is 31.2 Å². The van der Waals surface area contributed by atoms with Gasteiger partial charge in [-0.25, -0.2) is 0 Å². The summed E-state index contributed by atoms with van der Waals surface area (Å²) in [5.41, 5.74) is 8.77. The van der Waals surface area contributed by atoms with Crippen LogP contribution in [0.1, 0.15) is 50.7 Å². The molecule has 14 nitrogen and oxygen atoms in total. The van der Waals surface area contributed by atoms with Gasteiger partial charge in [0.25, 0.3) is 0 Å². The fraction of sp³-hybridized carbons (Fsp3) is 0.353. The highest BCUT2D eigenvalue weighted by Gasteiger charge is 2.32. The average molecular weight is 660 g/mol. The van der Waals surface area contributed by atoms with E-state index >= 15 is 0 Å². The number of para-hydroxylation sites is 2. The van der Waals surface area contributed by atoms with Crippen LogP contribution >= 0.6 is 0 Å². The smallest absolute Gasteiger partial charge is 0.305 e. The van der Waals surface area contributed by atoms with Gasteiger partial charge in [-0.1, -0.05) is 56.2 Å². The molecule has 9 N–H and O–H groups in total. The molecule has 14 heteroatoms. The van der Waals surface area contributed by atoms with E-state index in [1.807, 2.05) is 55.5 Å². The third-order valence-electron chi connectivity index (χ3n) is 8.04. The van der Waals surface area contributed by atoms with Crippen LogP contribution in [0.4, 0.5) is 0 Å². The van der Waals surface area contributed by atoms with Crippen LogP contribution in [0.5, 0.6) is 0 Å². The van der Waals surface area contributed by atoms with Gasteiger partial charge in [0, 0.05) is 54.0 Å². The molecule has 0 aliphatic rings. The van der Waals surface area contributed by atoms with Gasteiger partial charge in [0.1, 0.15) is 24.2 Å². The van der Waals surface area contributed by atoms with E-state index in [0.717, 1.165) is 27.4 Å². The Balaban J connectivity index is 1.49. The van der Waals surface area contributed by atoms with Crippen molar-refractivity contribution in [2.24, 2.45) is 5.73 Å². The SMILES string of the molecule is CCCC[C@H](NC(=O)[C@@H](Cc1c[nH]c2ccccc12)NC(C)=O)C(=O)N[C@@H](CC(=O)O)C(=O)N[C@@H](Cc1c[nH]c2ccccc12)C(N)=O. The maximum atomic E-state index is 13.6. The topological polar surface area (TPSA) is 228 Å². The predicted octanol–water partition coefficient (Wildman–Crippen LogP) is 1.54. The minimum atomic E-state index is -1.58. The van der Waals surface area contributed by atoms with Crippen molar-refractivity contribution in [3.8, 4) is 0 Å². The molecule has 2 heterocycles. The van der Waals surface area contributed by atoms with Gasteiger partial charge in [-0.2, -0.15) is 0 Å². The Bertz CT molecular complexity index is 1800. The Morgan fingerprint density at radius 2 is 1.19 bits per heavy atom. The first-order valence-corrected chi connectivity index (χ1v) is 15.8. The summed E-state index contributed by atoms with van der Waals surface area (Å²) in [7, 11) is 0. The second kappa shape index (κ2) is 16.3. The summed E-state index contributed by atoms with van der Waals surface area (Å²) in [5, 5.41) is 21.5. The largest absolute Gasteiger partial charge is 0.481 e. The van der Waals surface area contributed by atoms with Gasteiger partial charge >= 0.3 is 5.97 Å². The van der Waals surface area contributed by atoms with Crippen molar-refractivity contribution >= 4 is 57.3 Å². The maximum Gasteiger partial charge on any atom is 0.305 e. The number of aromatic nitrogens is 2. The average Bonchev–Trinajstić information content (AvgIpc) is 3.65. The van der Waals surface area contributed by atoms with E-state index in [1.54, 1.807) is 12.4 Å². The van der Waals surface area contributed by atoms with E-state index in [0.29, 0.717) is 18.4 Å². The minimum Gasteiger partial charge on any atom is -0.481 e. The molecule has 0 aliphatic heterocycles. The number of aromatic amines is 2. The van der Waals surface area contributed by atoms with Crippen molar-refractivity contribution in [3.63, 3.8) is 0 Å². The Kier molecular flexibility index (Phi) is 11.9. The molecule has 5 amide bonds. The number of nitrogens with two attached hydrogens (primary N) is 1. The Morgan fingerprint density at radius 1 is 0.708 bits per heavy atom. The highest BCUT2D eigenvalue weighted by molar-refractivity contribution is 5.97. The summed E-state index contributed by atoms with van der Waals surface area (Å²) in [6.07, 6.45) is 4.19. The molecule has 2 aromatic carbocycles. The molecular formula is C34H41N7O7. The molecule has 0 radical (unpaired) electrons. The normalized spacial score (nSPS) is 13.6. The van der Waals surface area contributed by atoms with E-state index < -0.39 is 66.1 Å². The zero-order valence-electron chi connectivity index (χ0n) is 26.8. The number of benzene rings is 2. The molecule has 254 valence electrons. The summed E-state index contributed by atoms with van der Waals surface area (Å²) in [6, 6.07) is 9.88. The summed E-state index contributed by atoms with van der Waals surface area (Å²) in [6.45, 7) is 3.18. The number of primary amides is 1. The number of carbonyl (C=O) groups is 6. The monoisotopic (exact) mass is 659 g/mol. The first-order valence-electron chi connectivity index (χ1n) is 15.8. The van der Waals surface area contributed by atoms with Gasteiger partial charge in [-0.3, -0.25) is 28.8 Å². The van der Waals surface area contributed by atoms with Crippen molar-refractivity contribution in [1.82, 2.24) is 31.2 Å². The zero-order chi connectivity index (χ0) is 34.8. The number of fused-ring (bicyclic) bond motifs is 2. The number of carboxylic acids is 1. The highest BCUT2D eigenvalue weighted by Crippen LogP contribution is 2.20. The number of hydrogen-bond acceptors (Lipinski definition) is 6. The van der Waals surface area contributed by atoms with Gasteiger partial charge in [0.15, 0.2) is 0 Å². The molecular weight excluding hydrogens is 618 g/mol.